The highest BCUT2D eigenvalue weighted by molar-refractivity contribution is 5.91. The molecule has 3 rings (SSSR count). The molecule has 0 saturated carbocycles. The summed E-state index contributed by atoms with van der Waals surface area (Å²) < 4.78 is 32.2. The summed E-state index contributed by atoms with van der Waals surface area (Å²) in [7, 11) is 1.67. The Hall–Kier alpha value is -2.63. The van der Waals surface area contributed by atoms with Crippen molar-refractivity contribution >= 4 is 23.2 Å². The summed E-state index contributed by atoms with van der Waals surface area (Å²) in [5, 5.41) is 3.07. The van der Waals surface area contributed by atoms with E-state index in [1.807, 2.05) is 26.0 Å². The molecule has 2 aromatic rings. The van der Waals surface area contributed by atoms with Gasteiger partial charge in [-0.2, -0.15) is 0 Å². The fraction of sp³-hybridized carbons (Fsp3) is 0.316. The molecule has 0 bridgehead atoms. The zero-order valence-corrected chi connectivity index (χ0v) is 14.4. The van der Waals surface area contributed by atoms with Gasteiger partial charge in [0.2, 0.25) is 0 Å². The van der Waals surface area contributed by atoms with Gasteiger partial charge in [0.25, 0.3) is 0 Å². The number of anilines is 3. The lowest BCUT2D eigenvalue weighted by Gasteiger charge is -2.41. The predicted octanol–water partition coefficient (Wildman–Crippen LogP) is 5.31. The molecular formula is C19H20F2N2O2. The van der Waals surface area contributed by atoms with E-state index in [1.54, 1.807) is 13.1 Å². The minimum atomic E-state index is -0.909. The molecule has 1 aliphatic heterocycles. The number of carbonyl (C=O) groups excluding carboxylic acids is 1. The standard InChI is InChI=1S/C19H20F2N2O2/c1-4-19(5-2)14-10-12(7-9-17(14)23(3)18(24)25-19)22-13-6-8-15(20)16(21)11-13/h6-11,22H,4-5H2,1-3H3. The number of ether oxygens (including phenoxy) is 1. The Morgan fingerprint density at radius 3 is 2.32 bits per heavy atom. The van der Waals surface area contributed by atoms with E-state index in [9.17, 15) is 13.6 Å². The molecular weight excluding hydrogens is 326 g/mol. The number of fused-ring (bicyclic) bond motifs is 1. The fourth-order valence-electron chi connectivity index (χ4n) is 3.18. The number of rotatable bonds is 4. The molecule has 6 heteroatoms. The van der Waals surface area contributed by atoms with Crippen molar-refractivity contribution in [3.05, 3.63) is 53.6 Å². The number of carbonyl (C=O) groups is 1. The van der Waals surface area contributed by atoms with Gasteiger partial charge in [0.05, 0.1) is 5.69 Å². The lowest BCUT2D eigenvalue weighted by atomic mass is 9.85. The van der Waals surface area contributed by atoms with E-state index in [2.05, 4.69) is 5.32 Å². The minimum absolute atomic E-state index is 0.377. The Morgan fingerprint density at radius 2 is 1.68 bits per heavy atom. The molecule has 1 amide bonds. The van der Waals surface area contributed by atoms with Crippen LogP contribution in [0.5, 0.6) is 0 Å². The molecule has 0 fully saturated rings. The van der Waals surface area contributed by atoms with E-state index in [1.165, 1.54) is 11.0 Å². The van der Waals surface area contributed by atoms with Crippen LogP contribution in [-0.2, 0) is 10.3 Å². The van der Waals surface area contributed by atoms with Crippen molar-refractivity contribution < 1.29 is 18.3 Å². The van der Waals surface area contributed by atoms with Crippen molar-refractivity contribution in [2.24, 2.45) is 0 Å². The summed E-state index contributed by atoms with van der Waals surface area (Å²) in [5.41, 5.74) is 2.15. The van der Waals surface area contributed by atoms with E-state index in [-0.39, 0.29) is 6.09 Å². The van der Waals surface area contributed by atoms with Crippen LogP contribution in [0.4, 0.5) is 30.6 Å². The molecule has 0 aromatic heterocycles. The maximum absolute atomic E-state index is 13.4. The van der Waals surface area contributed by atoms with Gasteiger partial charge in [-0.25, -0.2) is 13.6 Å². The second-order valence-corrected chi connectivity index (χ2v) is 6.11. The third-order valence-electron chi connectivity index (χ3n) is 4.76. The lowest BCUT2D eigenvalue weighted by molar-refractivity contribution is -0.000183. The maximum atomic E-state index is 13.4. The minimum Gasteiger partial charge on any atom is -0.438 e. The normalized spacial score (nSPS) is 15.6. The zero-order valence-electron chi connectivity index (χ0n) is 14.4. The van der Waals surface area contributed by atoms with Crippen LogP contribution < -0.4 is 10.2 Å². The number of benzene rings is 2. The Kier molecular flexibility index (Phi) is 4.37. The largest absolute Gasteiger partial charge is 0.438 e. The SMILES string of the molecule is CCC1(CC)OC(=O)N(C)c2ccc(Nc3ccc(F)c(F)c3)cc21. The summed E-state index contributed by atoms with van der Waals surface area (Å²) in [6.45, 7) is 3.95. The summed E-state index contributed by atoms with van der Waals surface area (Å²) in [6.07, 6.45) is 0.910. The first-order valence-corrected chi connectivity index (χ1v) is 8.23. The van der Waals surface area contributed by atoms with Crippen LogP contribution in [0.15, 0.2) is 36.4 Å². The molecule has 4 nitrogen and oxygen atoms in total. The summed E-state index contributed by atoms with van der Waals surface area (Å²) in [6, 6.07) is 9.18. The van der Waals surface area contributed by atoms with Crippen molar-refractivity contribution in [3.63, 3.8) is 0 Å². The van der Waals surface area contributed by atoms with Gasteiger partial charge < -0.3 is 10.1 Å². The second-order valence-electron chi connectivity index (χ2n) is 6.11. The highest BCUT2D eigenvalue weighted by atomic mass is 19.2. The molecule has 2 aromatic carbocycles. The molecule has 25 heavy (non-hydrogen) atoms. The van der Waals surface area contributed by atoms with E-state index < -0.39 is 17.2 Å². The summed E-state index contributed by atoms with van der Waals surface area (Å²) >= 11 is 0. The third kappa shape index (κ3) is 2.92. The van der Waals surface area contributed by atoms with Crippen LogP contribution in [0.2, 0.25) is 0 Å². The molecule has 0 unspecified atom stereocenters. The monoisotopic (exact) mass is 346 g/mol. The first-order valence-electron chi connectivity index (χ1n) is 8.23. The number of cyclic esters (lactones) is 1. The van der Waals surface area contributed by atoms with Crippen molar-refractivity contribution in [2.75, 3.05) is 17.3 Å². The quantitative estimate of drug-likeness (QED) is 0.816. The van der Waals surface area contributed by atoms with Gasteiger partial charge in [-0.3, -0.25) is 4.90 Å². The molecule has 0 radical (unpaired) electrons. The Bertz CT molecular complexity index is 819. The molecule has 0 spiro atoms. The Balaban J connectivity index is 2.02. The molecule has 1 aliphatic rings. The van der Waals surface area contributed by atoms with E-state index in [0.29, 0.717) is 24.2 Å². The summed E-state index contributed by atoms with van der Waals surface area (Å²) in [5.74, 6) is -1.80. The van der Waals surface area contributed by atoms with Crippen molar-refractivity contribution in [1.82, 2.24) is 0 Å². The third-order valence-corrected chi connectivity index (χ3v) is 4.76. The van der Waals surface area contributed by atoms with Gasteiger partial charge in [-0.15, -0.1) is 0 Å². The van der Waals surface area contributed by atoms with Crippen LogP contribution in [0.1, 0.15) is 32.3 Å². The number of amides is 1. The highest BCUT2D eigenvalue weighted by Gasteiger charge is 2.41. The van der Waals surface area contributed by atoms with Crippen LogP contribution >= 0.6 is 0 Å². The van der Waals surface area contributed by atoms with Crippen LogP contribution in [0, 0.1) is 11.6 Å². The molecule has 132 valence electrons. The first-order chi connectivity index (χ1) is 11.9. The van der Waals surface area contributed by atoms with Gasteiger partial charge in [-0.05, 0) is 43.2 Å². The van der Waals surface area contributed by atoms with Crippen molar-refractivity contribution in [3.8, 4) is 0 Å². The lowest BCUT2D eigenvalue weighted by Crippen LogP contribution is -2.43. The molecule has 1 heterocycles. The maximum Gasteiger partial charge on any atom is 0.414 e. The Labute approximate surface area is 145 Å². The second kappa shape index (κ2) is 6.35. The molecule has 0 aliphatic carbocycles. The van der Waals surface area contributed by atoms with Gasteiger partial charge in [-0.1, -0.05) is 13.8 Å². The number of hydrogen-bond donors (Lipinski definition) is 1. The van der Waals surface area contributed by atoms with E-state index >= 15 is 0 Å². The van der Waals surface area contributed by atoms with Crippen LogP contribution in [0.25, 0.3) is 0 Å². The number of halogens is 2. The predicted molar refractivity (Wildman–Crippen MR) is 93.2 cm³/mol. The first kappa shape index (κ1) is 17.2. The average molecular weight is 346 g/mol. The van der Waals surface area contributed by atoms with Crippen LogP contribution in [-0.4, -0.2) is 13.1 Å². The number of nitrogens with zero attached hydrogens (tertiary/aromatic N) is 1. The van der Waals surface area contributed by atoms with Crippen molar-refractivity contribution in [1.29, 1.82) is 0 Å². The van der Waals surface area contributed by atoms with E-state index in [0.717, 1.165) is 23.4 Å². The number of nitrogens with one attached hydrogen (secondary N) is 1. The average Bonchev–Trinajstić information content (AvgIpc) is 2.61. The molecule has 1 N–H and O–H groups in total. The van der Waals surface area contributed by atoms with Gasteiger partial charge >= 0.3 is 6.09 Å². The fourth-order valence-corrected chi connectivity index (χ4v) is 3.18. The zero-order chi connectivity index (χ0) is 18.2. The molecule has 0 atom stereocenters. The molecule has 0 saturated heterocycles. The van der Waals surface area contributed by atoms with Crippen LogP contribution in [0.3, 0.4) is 0 Å². The van der Waals surface area contributed by atoms with Gasteiger partial charge in [0, 0.05) is 30.1 Å². The highest BCUT2D eigenvalue weighted by Crippen LogP contribution is 2.44. The topological polar surface area (TPSA) is 41.6 Å². The van der Waals surface area contributed by atoms with Crippen molar-refractivity contribution in [2.45, 2.75) is 32.3 Å². The Morgan fingerprint density at radius 1 is 1.04 bits per heavy atom. The smallest absolute Gasteiger partial charge is 0.414 e. The van der Waals surface area contributed by atoms with Gasteiger partial charge in [0.1, 0.15) is 5.60 Å². The van der Waals surface area contributed by atoms with E-state index in [4.69, 9.17) is 4.74 Å². The summed E-state index contributed by atoms with van der Waals surface area (Å²) in [4.78, 5) is 13.6. The van der Waals surface area contributed by atoms with Gasteiger partial charge in [0.15, 0.2) is 11.6 Å². The number of hydrogen-bond acceptors (Lipinski definition) is 3.